The number of hydrogen-bond donors (Lipinski definition) is 0. The number of sulfonamides is 1. The first-order chi connectivity index (χ1) is 12.9. The SMILES string of the molecule is O=C(COC(=O)c1ccnc(Cl)c1)c1ccc(S(=O)(=O)N2CCCC2)cc1. The highest BCUT2D eigenvalue weighted by Crippen LogP contribution is 2.21. The molecule has 0 saturated carbocycles. The molecule has 0 amide bonds. The van der Waals surface area contributed by atoms with E-state index >= 15 is 0 Å². The molecular formula is C18H17ClN2O5S. The van der Waals surface area contributed by atoms with Crippen molar-refractivity contribution >= 4 is 33.4 Å². The maximum absolute atomic E-state index is 12.5. The fourth-order valence-corrected chi connectivity index (χ4v) is 4.41. The first kappa shape index (κ1) is 19.5. The summed E-state index contributed by atoms with van der Waals surface area (Å²) in [6.07, 6.45) is 3.06. The van der Waals surface area contributed by atoms with Gasteiger partial charge in [-0.1, -0.05) is 11.6 Å². The summed E-state index contributed by atoms with van der Waals surface area (Å²) in [5.41, 5.74) is 0.450. The van der Waals surface area contributed by atoms with Crippen molar-refractivity contribution in [1.82, 2.24) is 9.29 Å². The molecule has 1 aliphatic rings. The summed E-state index contributed by atoms with van der Waals surface area (Å²) in [5.74, 6) is -1.13. The Balaban J connectivity index is 1.63. The van der Waals surface area contributed by atoms with Crippen molar-refractivity contribution in [2.45, 2.75) is 17.7 Å². The van der Waals surface area contributed by atoms with Gasteiger partial charge in [0.2, 0.25) is 10.0 Å². The third-order valence-electron chi connectivity index (χ3n) is 4.18. The average molecular weight is 409 g/mol. The molecule has 9 heteroatoms. The summed E-state index contributed by atoms with van der Waals surface area (Å²) >= 11 is 5.71. The Morgan fingerprint density at radius 1 is 1.07 bits per heavy atom. The molecule has 0 N–H and O–H groups in total. The van der Waals surface area contributed by atoms with E-state index in [1.54, 1.807) is 0 Å². The highest BCUT2D eigenvalue weighted by molar-refractivity contribution is 7.89. The average Bonchev–Trinajstić information content (AvgIpc) is 3.21. The van der Waals surface area contributed by atoms with Crippen molar-refractivity contribution < 1.29 is 22.7 Å². The van der Waals surface area contributed by atoms with E-state index in [1.807, 2.05) is 0 Å². The Labute approximate surface area is 162 Å². The van der Waals surface area contributed by atoms with Crippen LogP contribution in [0.4, 0.5) is 0 Å². The number of aromatic nitrogens is 1. The summed E-state index contributed by atoms with van der Waals surface area (Å²) in [7, 11) is -3.53. The molecule has 0 unspecified atom stereocenters. The molecule has 0 bridgehead atoms. The smallest absolute Gasteiger partial charge is 0.338 e. The van der Waals surface area contributed by atoms with E-state index in [-0.39, 0.29) is 21.2 Å². The minimum atomic E-state index is -3.53. The zero-order valence-corrected chi connectivity index (χ0v) is 15.9. The second kappa shape index (κ2) is 8.16. The van der Waals surface area contributed by atoms with Gasteiger partial charge in [0, 0.05) is 24.8 Å². The predicted molar refractivity (Wildman–Crippen MR) is 98.3 cm³/mol. The van der Waals surface area contributed by atoms with Gasteiger partial charge in [0.1, 0.15) is 5.15 Å². The van der Waals surface area contributed by atoms with E-state index in [0.717, 1.165) is 12.8 Å². The molecule has 1 aliphatic heterocycles. The van der Waals surface area contributed by atoms with Crippen LogP contribution in [0.5, 0.6) is 0 Å². The summed E-state index contributed by atoms with van der Waals surface area (Å²) in [5, 5.41) is 0.144. The van der Waals surface area contributed by atoms with Crippen molar-refractivity contribution in [3.63, 3.8) is 0 Å². The van der Waals surface area contributed by atoms with Crippen LogP contribution >= 0.6 is 11.6 Å². The Kier molecular flexibility index (Phi) is 5.88. The van der Waals surface area contributed by atoms with Crippen molar-refractivity contribution in [3.05, 3.63) is 58.9 Å². The number of nitrogens with zero attached hydrogens (tertiary/aromatic N) is 2. The number of pyridine rings is 1. The maximum Gasteiger partial charge on any atom is 0.338 e. The van der Waals surface area contributed by atoms with Crippen LogP contribution in [0.1, 0.15) is 33.6 Å². The van der Waals surface area contributed by atoms with E-state index in [2.05, 4.69) is 4.98 Å². The number of esters is 1. The van der Waals surface area contributed by atoms with E-state index < -0.39 is 28.4 Å². The molecule has 0 aliphatic carbocycles. The van der Waals surface area contributed by atoms with Crippen LogP contribution < -0.4 is 0 Å². The minimum Gasteiger partial charge on any atom is -0.454 e. The second-order valence-electron chi connectivity index (χ2n) is 6.00. The number of rotatable bonds is 6. The van der Waals surface area contributed by atoms with Crippen LogP contribution in [-0.2, 0) is 14.8 Å². The number of ketones is 1. The van der Waals surface area contributed by atoms with Crippen LogP contribution in [0, 0.1) is 0 Å². The quantitative estimate of drug-likeness (QED) is 0.414. The van der Waals surface area contributed by atoms with Gasteiger partial charge in [-0.15, -0.1) is 0 Å². The lowest BCUT2D eigenvalue weighted by Crippen LogP contribution is -2.27. The van der Waals surface area contributed by atoms with Crippen molar-refractivity contribution in [2.24, 2.45) is 0 Å². The molecule has 27 heavy (non-hydrogen) atoms. The second-order valence-corrected chi connectivity index (χ2v) is 8.33. The molecule has 1 saturated heterocycles. The van der Waals surface area contributed by atoms with Crippen LogP contribution in [0.15, 0.2) is 47.5 Å². The number of carbonyl (C=O) groups excluding carboxylic acids is 2. The molecule has 2 heterocycles. The lowest BCUT2D eigenvalue weighted by molar-refractivity contribution is 0.0474. The topological polar surface area (TPSA) is 93.6 Å². The lowest BCUT2D eigenvalue weighted by Gasteiger charge is -2.15. The molecule has 1 aromatic carbocycles. The summed E-state index contributed by atoms with van der Waals surface area (Å²) in [4.78, 5) is 28.0. The predicted octanol–water partition coefficient (Wildman–Crippen LogP) is 2.56. The molecule has 0 atom stereocenters. The first-order valence-electron chi connectivity index (χ1n) is 8.30. The van der Waals surface area contributed by atoms with Gasteiger partial charge in [0.15, 0.2) is 12.4 Å². The summed E-state index contributed by atoms with van der Waals surface area (Å²) in [6.45, 7) is 0.562. The first-order valence-corrected chi connectivity index (χ1v) is 10.1. The zero-order valence-electron chi connectivity index (χ0n) is 14.3. The van der Waals surface area contributed by atoms with E-state index in [1.165, 1.54) is 46.9 Å². The van der Waals surface area contributed by atoms with Crippen molar-refractivity contribution in [2.75, 3.05) is 19.7 Å². The summed E-state index contributed by atoms with van der Waals surface area (Å²) < 4.78 is 31.4. The van der Waals surface area contributed by atoms with Gasteiger partial charge in [-0.05, 0) is 49.2 Å². The fourth-order valence-electron chi connectivity index (χ4n) is 2.72. The van der Waals surface area contributed by atoms with E-state index in [9.17, 15) is 18.0 Å². The maximum atomic E-state index is 12.5. The molecule has 0 radical (unpaired) electrons. The van der Waals surface area contributed by atoms with Gasteiger partial charge < -0.3 is 4.74 Å². The van der Waals surface area contributed by atoms with Crippen molar-refractivity contribution in [3.8, 4) is 0 Å². The van der Waals surface area contributed by atoms with Gasteiger partial charge in [-0.2, -0.15) is 4.31 Å². The van der Waals surface area contributed by atoms with Gasteiger partial charge in [-0.3, -0.25) is 4.79 Å². The summed E-state index contributed by atoms with van der Waals surface area (Å²) in [6, 6.07) is 8.39. The van der Waals surface area contributed by atoms with Crippen LogP contribution in [0.2, 0.25) is 5.15 Å². The zero-order chi connectivity index (χ0) is 19.4. The highest BCUT2D eigenvalue weighted by Gasteiger charge is 2.27. The number of benzene rings is 1. The van der Waals surface area contributed by atoms with Gasteiger partial charge >= 0.3 is 5.97 Å². The molecule has 0 spiro atoms. The number of ether oxygens (including phenoxy) is 1. The van der Waals surface area contributed by atoms with Crippen molar-refractivity contribution in [1.29, 1.82) is 0 Å². The number of hydrogen-bond acceptors (Lipinski definition) is 6. The van der Waals surface area contributed by atoms with Crippen LogP contribution in [0.25, 0.3) is 0 Å². The standard InChI is InChI=1S/C18H17ClN2O5S/c19-17-11-14(7-8-20-17)18(23)26-12-16(22)13-3-5-15(6-4-13)27(24,25)21-9-1-2-10-21/h3-8,11H,1-2,9-10,12H2. The van der Waals surface area contributed by atoms with Gasteiger partial charge in [-0.25, -0.2) is 18.2 Å². The minimum absolute atomic E-state index is 0.143. The highest BCUT2D eigenvalue weighted by atomic mass is 35.5. The molecule has 2 aromatic rings. The molecule has 7 nitrogen and oxygen atoms in total. The van der Waals surface area contributed by atoms with Crippen LogP contribution in [-0.4, -0.2) is 49.2 Å². The molecular weight excluding hydrogens is 392 g/mol. The molecule has 1 aromatic heterocycles. The van der Waals surface area contributed by atoms with Gasteiger partial charge in [0.25, 0.3) is 0 Å². The Hall–Kier alpha value is -2.29. The third kappa shape index (κ3) is 4.52. The van der Waals surface area contributed by atoms with Gasteiger partial charge in [0.05, 0.1) is 10.5 Å². The number of Topliss-reactive ketones (excluding diaryl/α,β-unsaturated/α-hetero) is 1. The normalized spacial score (nSPS) is 14.9. The Bertz CT molecular complexity index is 954. The Morgan fingerprint density at radius 2 is 1.74 bits per heavy atom. The fraction of sp³-hybridized carbons (Fsp3) is 0.278. The monoisotopic (exact) mass is 408 g/mol. The van der Waals surface area contributed by atoms with E-state index in [4.69, 9.17) is 16.3 Å². The third-order valence-corrected chi connectivity index (χ3v) is 6.30. The number of carbonyl (C=O) groups is 2. The molecule has 1 fully saturated rings. The van der Waals surface area contributed by atoms with Crippen LogP contribution in [0.3, 0.4) is 0 Å². The van der Waals surface area contributed by atoms with E-state index in [0.29, 0.717) is 13.1 Å². The number of halogens is 1. The Morgan fingerprint density at radius 3 is 2.37 bits per heavy atom. The molecule has 142 valence electrons. The lowest BCUT2D eigenvalue weighted by atomic mass is 10.1. The molecule has 3 rings (SSSR count). The largest absolute Gasteiger partial charge is 0.454 e.